The van der Waals surface area contributed by atoms with E-state index >= 15 is 0 Å². The van der Waals surface area contributed by atoms with Crippen LogP contribution in [0.1, 0.15) is 75.8 Å². The van der Waals surface area contributed by atoms with Crippen LogP contribution in [0.15, 0.2) is 18.2 Å². The number of benzene rings is 1. The molecule has 0 aliphatic heterocycles. The Bertz CT molecular complexity index is 437. The summed E-state index contributed by atoms with van der Waals surface area (Å²) in [5.74, 6) is 6.02. The predicted octanol–water partition coefficient (Wildman–Crippen LogP) is 6.02. The van der Waals surface area contributed by atoms with Crippen LogP contribution in [0.3, 0.4) is 0 Å². The third-order valence-electron chi connectivity index (χ3n) is 3.56. The first-order valence-corrected chi connectivity index (χ1v) is 7.99. The normalized spacial score (nSPS) is 10.2. The molecule has 0 aromatic heterocycles. The zero-order valence-electron chi connectivity index (χ0n) is 13.0. The summed E-state index contributed by atoms with van der Waals surface area (Å²) in [7, 11) is 0. The Hall–Kier alpha value is -1.29. The lowest BCUT2D eigenvalue weighted by molar-refractivity contribution is 0.579. The molecule has 20 heavy (non-hydrogen) atoms. The van der Waals surface area contributed by atoms with Crippen molar-refractivity contribution >= 4 is 0 Å². The Labute approximate surface area is 123 Å². The van der Waals surface area contributed by atoms with Crippen LogP contribution in [0, 0.1) is 24.6 Å². The van der Waals surface area contributed by atoms with Crippen molar-refractivity contribution in [3.63, 3.8) is 0 Å². The fraction of sp³-hybridized carbons (Fsp3) is 0.579. The molecule has 0 atom stereocenters. The average Bonchev–Trinajstić information content (AvgIpc) is 2.45. The van der Waals surface area contributed by atoms with Crippen LogP contribution in [0.2, 0.25) is 0 Å². The van der Waals surface area contributed by atoms with Crippen LogP contribution >= 0.6 is 0 Å². The van der Waals surface area contributed by atoms with Crippen LogP contribution in [-0.4, -0.2) is 0 Å². The second-order valence-corrected chi connectivity index (χ2v) is 5.49. The van der Waals surface area contributed by atoms with Gasteiger partial charge in [-0.1, -0.05) is 69.8 Å². The summed E-state index contributed by atoms with van der Waals surface area (Å²) in [5, 5.41) is 0. The molecule has 0 spiro atoms. The Morgan fingerprint density at radius 1 is 0.950 bits per heavy atom. The van der Waals surface area contributed by atoms with Crippen LogP contribution in [0.4, 0.5) is 4.39 Å². The van der Waals surface area contributed by atoms with Crippen molar-refractivity contribution in [3.8, 4) is 11.8 Å². The zero-order valence-corrected chi connectivity index (χ0v) is 13.0. The van der Waals surface area contributed by atoms with Crippen LogP contribution in [0.25, 0.3) is 0 Å². The predicted molar refractivity (Wildman–Crippen MR) is 85.2 cm³/mol. The molecule has 0 bridgehead atoms. The highest BCUT2D eigenvalue weighted by Gasteiger charge is 1.96. The van der Waals surface area contributed by atoms with Gasteiger partial charge in [0.15, 0.2) is 0 Å². The Kier molecular flexibility index (Phi) is 8.79. The first kappa shape index (κ1) is 16.8. The smallest absolute Gasteiger partial charge is 0.127 e. The Balaban J connectivity index is 2.09. The average molecular weight is 274 g/mol. The minimum absolute atomic E-state index is 0.163. The van der Waals surface area contributed by atoms with E-state index in [-0.39, 0.29) is 5.82 Å². The van der Waals surface area contributed by atoms with Crippen molar-refractivity contribution in [1.29, 1.82) is 0 Å². The van der Waals surface area contributed by atoms with Gasteiger partial charge in [0.2, 0.25) is 0 Å². The van der Waals surface area contributed by atoms with E-state index in [0.717, 1.165) is 18.4 Å². The molecular formula is C19H27F. The molecule has 1 aromatic rings. The van der Waals surface area contributed by atoms with Crippen LogP contribution in [0.5, 0.6) is 0 Å². The van der Waals surface area contributed by atoms with E-state index in [2.05, 4.69) is 18.8 Å². The minimum atomic E-state index is -0.163. The summed E-state index contributed by atoms with van der Waals surface area (Å²) in [5.41, 5.74) is 1.46. The summed E-state index contributed by atoms with van der Waals surface area (Å²) in [6.07, 6.45) is 11.5. The lowest BCUT2D eigenvalue weighted by atomic mass is 10.1. The molecule has 0 saturated carbocycles. The van der Waals surface area contributed by atoms with Crippen molar-refractivity contribution in [2.24, 2.45) is 0 Å². The van der Waals surface area contributed by atoms with E-state index < -0.39 is 0 Å². The monoisotopic (exact) mass is 274 g/mol. The lowest BCUT2D eigenvalue weighted by Crippen LogP contribution is -1.83. The molecule has 0 N–H and O–H groups in total. The van der Waals surface area contributed by atoms with Gasteiger partial charge in [0.05, 0.1) is 0 Å². The number of hydrogen-bond donors (Lipinski definition) is 0. The third-order valence-corrected chi connectivity index (χ3v) is 3.56. The molecule has 0 unspecified atom stereocenters. The first-order valence-electron chi connectivity index (χ1n) is 7.99. The standard InChI is InChI=1S/C19H27F/c1-3-4-5-6-7-8-9-10-11-12-13-18-15-14-17(2)19(20)16-18/h14-16H,3-11H2,1-2H3. The highest BCUT2D eigenvalue weighted by molar-refractivity contribution is 5.36. The molecule has 0 aliphatic carbocycles. The van der Waals surface area contributed by atoms with Gasteiger partial charge in [0.25, 0.3) is 0 Å². The summed E-state index contributed by atoms with van der Waals surface area (Å²) < 4.78 is 13.3. The topological polar surface area (TPSA) is 0 Å². The molecule has 1 heteroatoms. The maximum Gasteiger partial charge on any atom is 0.127 e. The Morgan fingerprint density at radius 2 is 1.60 bits per heavy atom. The number of unbranched alkanes of at least 4 members (excludes halogenated alkanes) is 8. The zero-order chi connectivity index (χ0) is 14.6. The van der Waals surface area contributed by atoms with Crippen molar-refractivity contribution in [2.45, 2.75) is 71.6 Å². The highest BCUT2D eigenvalue weighted by atomic mass is 19.1. The third kappa shape index (κ3) is 7.34. The van der Waals surface area contributed by atoms with Gasteiger partial charge >= 0.3 is 0 Å². The van der Waals surface area contributed by atoms with E-state index in [4.69, 9.17) is 0 Å². The van der Waals surface area contributed by atoms with Gasteiger partial charge in [0, 0.05) is 12.0 Å². The fourth-order valence-corrected chi connectivity index (χ4v) is 2.18. The van der Waals surface area contributed by atoms with Gasteiger partial charge in [-0.15, -0.1) is 0 Å². The minimum Gasteiger partial charge on any atom is -0.207 e. The van der Waals surface area contributed by atoms with Crippen molar-refractivity contribution in [2.75, 3.05) is 0 Å². The molecule has 0 amide bonds. The lowest BCUT2D eigenvalue weighted by Gasteiger charge is -1.99. The summed E-state index contributed by atoms with van der Waals surface area (Å²) in [6, 6.07) is 5.20. The second kappa shape index (κ2) is 10.5. The molecule has 0 heterocycles. The van der Waals surface area contributed by atoms with Gasteiger partial charge in [0.1, 0.15) is 5.82 Å². The molecule has 0 aliphatic rings. The molecule has 0 nitrogen and oxygen atoms in total. The SMILES string of the molecule is CCCCCCCCCCC#Cc1ccc(C)c(F)c1. The number of rotatable bonds is 8. The molecule has 0 radical (unpaired) electrons. The van der Waals surface area contributed by atoms with Crippen molar-refractivity contribution in [3.05, 3.63) is 35.1 Å². The first-order chi connectivity index (χ1) is 9.74. The van der Waals surface area contributed by atoms with E-state index in [1.165, 1.54) is 51.0 Å². The van der Waals surface area contributed by atoms with Gasteiger partial charge in [-0.2, -0.15) is 0 Å². The maximum absolute atomic E-state index is 13.3. The molecule has 110 valence electrons. The van der Waals surface area contributed by atoms with Gasteiger partial charge < -0.3 is 0 Å². The molecular weight excluding hydrogens is 247 g/mol. The quantitative estimate of drug-likeness (QED) is 0.402. The largest absolute Gasteiger partial charge is 0.207 e. The van der Waals surface area contributed by atoms with E-state index in [9.17, 15) is 4.39 Å². The van der Waals surface area contributed by atoms with Crippen molar-refractivity contribution < 1.29 is 4.39 Å². The summed E-state index contributed by atoms with van der Waals surface area (Å²) in [6.45, 7) is 4.02. The second-order valence-electron chi connectivity index (χ2n) is 5.49. The van der Waals surface area contributed by atoms with E-state index in [1.807, 2.05) is 6.07 Å². The molecule has 1 aromatic carbocycles. The van der Waals surface area contributed by atoms with Crippen molar-refractivity contribution in [1.82, 2.24) is 0 Å². The molecule has 0 saturated heterocycles. The van der Waals surface area contributed by atoms with Gasteiger partial charge in [-0.3, -0.25) is 0 Å². The molecule has 1 rings (SSSR count). The van der Waals surface area contributed by atoms with E-state index in [1.54, 1.807) is 13.0 Å². The number of hydrogen-bond acceptors (Lipinski definition) is 0. The highest BCUT2D eigenvalue weighted by Crippen LogP contribution is 2.10. The number of halogens is 1. The van der Waals surface area contributed by atoms with E-state index in [0.29, 0.717) is 5.56 Å². The summed E-state index contributed by atoms with van der Waals surface area (Å²) in [4.78, 5) is 0. The van der Waals surface area contributed by atoms with Crippen LogP contribution < -0.4 is 0 Å². The van der Waals surface area contributed by atoms with Crippen LogP contribution in [-0.2, 0) is 0 Å². The maximum atomic E-state index is 13.3. The van der Waals surface area contributed by atoms with Gasteiger partial charge in [-0.25, -0.2) is 4.39 Å². The fourth-order valence-electron chi connectivity index (χ4n) is 2.18. The number of aryl methyl sites for hydroxylation is 1. The van der Waals surface area contributed by atoms with Gasteiger partial charge in [-0.05, 0) is 31.0 Å². The molecule has 0 fully saturated rings. The summed E-state index contributed by atoms with van der Waals surface area (Å²) >= 11 is 0. The Morgan fingerprint density at radius 3 is 2.25 bits per heavy atom.